The van der Waals surface area contributed by atoms with Crippen molar-refractivity contribution in [3.63, 3.8) is 0 Å². The quantitative estimate of drug-likeness (QED) is 0.124. The largest absolute Gasteiger partial charge is 0.571 e. The lowest BCUT2D eigenvalue weighted by Crippen LogP contribution is -2.60. The average molecular weight is 658 g/mol. The molecule has 0 amide bonds. The fraction of sp³-hybridized carbons (Fsp3) is 0.517. The number of phenols is 2. The molecule has 3 aliphatic rings. The monoisotopic (exact) mass is 657 g/mol. The molecule has 0 aromatic heterocycles. The third kappa shape index (κ3) is 6.21. The minimum Gasteiger partial charge on any atom is -0.571 e. The Balaban J connectivity index is 1.59. The molecule has 11 atom stereocenters. The SMILES string of the molecule is COc1cc(C2[OH+]c3cc(O)cc(O[C@@H]4O[C@@H](CO)[C@@H](O)[C@H](O)[C@H]4O)c3C=C2O[C@@H]2O[C@H](CO)[C@@H](O)[C@H](O)[C@H]2O)cc(OC)c1O. The molecule has 3 heterocycles. The van der Waals surface area contributed by atoms with Crippen molar-refractivity contribution < 1.29 is 84.2 Å². The number of fused-ring (bicyclic) bond motifs is 1. The van der Waals surface area contributed by atoms with E-state index in [1.807, 2.05) is 0 Å². The molecule has 0 bridgehead atoms. The molecule has 254 valence electrons. The summed E-state index contributed by atoms with van der Waals surface area (Å²) in [6, 6.07) is 5.27. The highest BCUT2D eigenvalue weighted by molar-refractivity contribution is 5.70. The first-order valence-electron chi connectivity index (χ1n) is 14.1. The molecule has 0 radical (unpaired) electrons. The highest BCUT2D eigenvalue weighted by Gasteiger charge is 2.48. The fourth-order valence-electron chi connectivity index (χ4n) is 5.37. The van der Waals surface area contributed by atoms with Gasteiger partial charge in [-0.15, -0.1) is 0 Å². The van der Waals surface area contributed by atoms with Gasteiger partial charge in [0.25, 0.3) is 11.9 Å². The van der Waals surface area contributed by atoms with E-state index >= 15 is 0 Å². The maximum absolute atomic E-state index is 10.7. The van der Waals surface area contributed by atoms with Crippen molar-refractivity contribution in [2.24, 2.45) is 0 Å². The molecular weight excluding hydrogens is 620 g/mol. The number of phenolic OH excluding ortho intramolecular Hbond substituents is 2. The molecule has 5 rings (SSSR count). The summed E-state index contributed by atoms with van der Waals surface area (Å²) in [5, 5.41) is 102. The number of hydrogen-bond acceptors (Lipinski definition) is 16. The maximum Gasteiger partial charge on any atom is 0.270 e. The molecule has 1 unspecified atom stereocenters. The second-order valence-corrected chi connectivity index (χ2v) is 10.9. The number of benzene rings is 2. The summed E-state index contributed by atoms with van der Waals surface area (Å²) in [6.07, 6.45) is -16.0. The average Bonchev–Trinajstić information content (AvgIpc) is 3.05. The molecule has 46 heavy (non-hydrogen) atoms. The summed E-state index contributed by atoms with van der Waals surface area (Å²) < 4.78 is 38.1. The lowest BCUT2D eigenvalue weighted by atomic mass is 9.98. The van der Waals surface area contributed by atoms with Crippen LogP contribution >= 0.6 is 0 Å². The maximum atomic E-state index is 10.7. The minimum atomic E-state index is -1.80. The highest BCUT2D eigenvalue weighted by atomic mass is 16.7. The van der Waals surface area contributed by atoms with Gasteiger partial charge >= 0.3 is 0 Å². The van der Waals surface area contributed by atoms with Crippen LogP contribution in [0.1, 0.15) is 17.2 Å². The number of ether oxygens (including phenoxy) is 7. The van der Waals surface area contributed by atoms with Gasteiger partial charge in [0.15, 0.2) is 17.3 Å². The topological polar surface area (TPSA) is 270 Å². The first kappa shape index (κ1) is 33.7. The Morgan fingerprint density at radius 1 is 0.674 bits per heavy atom. The molecule has 17 heteroatoms. The predicted octanol–water partition coefficient (Wildman–Crippen LogP) is -2.55. The summed E-state index contributed by atoms with van der Waals surface area (Å²) in [6.45, 7) is -1.43. The summed E-state index contributed by atoms with van der Waals surface area (Å²) in [7, 11) is 2.63. The van der Waals surface area contributed by atoms with Crippen molar-refractivity contribution in [1.29, 1.82) is 0 Å². The van der Waals surface area contributed by atoms with Gasteiger partial charge in [0, 0.05) is 12.1 Å². The molecule has 2 fully saturated rings. The minimum absolute atomic E-state index is 0.00471. The smallest absolute Gasteiger partial charge is 0.270 e. The predicted molar refractivity (Wildman–Crippen MR) is 151 cm³/mol. The third-order valence-electron chi connectivity index (χ3n) is 7.94. The van der Waals surface area contributed by atoms with Crippen molar-refractivity contribution in [2.45, 2.75) is 67.5 Å². The zero-order chi connectivity index (χ0) is 33.4. The van der Waals surface area contributed by atoms with Crippen molar-refractivity contribution in [3.8, 4) is 34.5 Å². The molecule has 0 saturated carbocycles. The van der Waals surface area contributed by atoms with Gasteiger partial charge in [-0.1, -0.05) is 0 Å². The first-order valence-corrected chi connectivity index (χ1v) is 14.1. The van der Waals surface area contributed by atoms with Gasteiger partial charge in [-0.05, 0) is 12.1 Å². The lowest BCUT2D eigenvalue weighted by Gasteiger charge is -2.40. The van der Waals surface area contributed by atoms with Crippen LogP contribution in [0.4, 0.5) is 0 Å². The number of aliphatic hydroxyl groups is 9. The Labute approximate surface area is 261 Å². The lowest BCUT2D eigenvalue weighted by molar-refractivity contribution is -0.295. The van der Waals surface area contributed by atoms with E-state index in [0.29, 0.717) is 5.56 Å². The van der Waals surface area contributed by atoms with Crippen molar-refractivity contribution >= 4 is 6.08 Å². The van der Waals surface area contributed by atoms with Crippen molar-refractivity contribution in [2.75, 3.05) is 27.4 Å². The summed E-state index contributed by atoms with van der Waals surface area (Å²) in [4.78, 5) is 0. The Bertz CT molecular complexity index is 1390. The molecule has 0 spiro atoms. The zero-order valence-electron chi connectivity index (χ0n) is 24.5. The van der Waals surface area contributed by atoms with E-state index in [1.165, 1.54) is 38.5 Å². The Kier molecular flexibility index (Phi) is 9.99. The van der Waals surface area contributed by atoms with Gasteiger partial charge < -0.3 is 84.2 Å². The molecule has 17 nitrogen and oxygen atoms in total. The van der Waals surface area contributed by atoms with Gasteiger partial charge in [-0.2, -0.15) is 0 Å². The first-order chi connectivity index (χ1) is 21.9. The van der Waals surface area contributed by atoms with Crippen LogP contribution in [-0.2, 0) is 14.2 Å². The third-order valence-corrected chi connectivity index (χ3v) is 7.94. The van der Waals surface area contributed by atoms with Crippen LogP contribution in [0.3, 0.4) is 0 Å². The van der Waals surface area contributed by atoms with Gasteiger partial charge in [-0.25, -0.2) is 0 Å². The van der Waals surface area contributed by atoms with Gasteiger partial charge in [0.05, 0.1) is 39.1 Å². The van der Waals surface area contributed by atoms with Gasteiger partial charge in [0.2, 0.25) is 18.3 Å². The van der Waals surface area contributed by atoms with E-state index in [0.717, 1.165) is 6.07 Å². The van der Waals surface area contributed by atoms with E-state index in [-0.39, 0.29) is 45.8 Å². The molecule has 3 aliphatic heterocycles. The summed E-state index contributed by atoms with van der Waals surface area (Å²) in [5.41, 5.74) is 0.441. The molecule has 2 saturated heterocycles. The number of aromatic hydroxyl groups is 3. The molecule has 2 aromatic rings. The normalized spacial score (nSPS) is 34.1. The number of aliphatic hydroxyl groups excluding tert-OH is 8. The van der Waals surface area contributed by atoms with Crippen LogP contribution in [0, 0.1) is 0 Å². The van der Waals surface area contributed by atoms with Gasteiger partial charge in [-0.3, -0.25) is 0 Å². The van der Waals surface area contributed by atoms with Gasteiger partial charge in [0.1, 0.15) is 65.9 Å². The summed E-state index contributed by atoms with van der Waals surface area (Å²) >= 11 is 0. The number of methoxy groups -OCH3 is 2. The van der Waals surface area contributed by atoms with Crippen LogP contribution in [0.5, 0.6) is 34.5 Å². The highest BCUT2D eigenvalue weighted by Crippen LogP contribution is 2.48. The van der Waals surface area contributed by atoms with Crippen LogP contribution in [0.2, 0.25) is 0 Å². The van der Waals surface area contributed by atoms with E-state index in [2.05, 4.69) is 4.74 Å². The summed E-state index contributed by atoms with van der Waals surface area (Å²) in [5.74, 6) is -0.758. The molecular formula is C29H37O17+. The van der Waals surface area contributed by atoms with E-state index in [4.69, 9.17) is 28.4 Å². The molecule has 0 aliphatic carbocycles. The van der Waals surface area contributed by atoms with Crippen LogP contribution < -0.4 is 14.2 Å². The Morgan fingerprint density at radius 3 is 1.70 bits per heavy atom. The molecule has 2 aromatic carbocycles. The number of rotatable bonds is 9. The van der Waals surface area contributed by atoms with Crippen LogP contribution in [-0.4, -0.2) is 145 Å². The van der Waals surface area contributed by atoms with E-state index in [1.54, 1.807) is 0 Å². The zero-order valence-corrected chi connectivity index (χ0v) is 24.5. The van der Waals surface area contributed by atoms with Crippen molar-refractivity contribution in [1.82, 2.24) is 0 Å². The van der Waals surface area contributed by atoms with Crippen LogP contribution in [0.15, 0.2) is 30.0 Å². The second-order valence-electron chi connectivity index (χ2n) is 10.9. The Morgan fingerprint density at radius 2 is 1.20 bits per heavy atom. The van der Waals surface area contributed by atoms with Crippen LogP contribution in [0.25, 0.3) is 6.08 Å². The molecule has 11 N–H and O–H groups in total. The second kappa shape index (κ2) is 13.6. The van der Waals surface area contributed by atoms with E-state index in [9.17, 15) is 51.1 Å². The fourth-order valence-corrected chi connectivity index (χ4v) is 5.37. The van der Waals surface area contributed by atoms with E-state index < -0.39 is 80.7 Å². The standard InChI is InChI=1S/C29H36O17/c1-40-15-3-10(4-16(41-2)20(15)33)27-17(44-29-26(39)24(37)22(35)19(9-31)46-29)7-12-13(42-27)5-11(32)6-14(12)43-28-25(38)23(36)21(34)18(8-30)45-28/h3-7,18-19,21-39H,8-9H2,1-2H3/p+1/t18-,19+,21+,22+,23-,24-,25+,26+,27?,28+,29+/m0/s1. The van der Waals surface area contributed by atoms with Crippen molar-refractivity contribution in [3.05, 3.63) is 41.2 Å². The number of hydrogen-bond donors (Lipinski definition) is 10. The Hall–Kier alpha value is -3.62.